The van der Waals surface area contributed by atoms with E-state index in [1.165, 1.54) is 31.2 Å². The summed E-state index contributed by atoms with van der Waals surface area (Å²) in [7, 11) is 0. The molecule has 84 valence electrons. The Labute approximate surface area is 103 Å². The molecule has 1 aliphatic rings. The monoisotopic (exact) mass is 245 g/mol. The molecule has 3 heteroatoms. The van der Waals surface area contributed by atoms with E-state index in [1.807, 2.05) is 18.2 Å². The smallest absolute Gasteiger partial charge is 0.0450 e. The number of hydrogen-bond acceptors (Lipinski definition) is 1. The van der Waals surface area contributed by atoms with Gasteiger partial charge in [-0.05, 0) is 24.5 Å². The Morgan fingerprint density at radius 1 is 1.20 bits per heavy atom. The van der Waals surface area contributed by atoms with Crippen molar-refractivity contribution < 1.29 is 0 Å². The summed E-state index contributed by atoms with van der Waals surface area (Å²) in [6.45, 7) is 0.907. The summed E-state index contributed by atoms with van der Waals surface area (Å²) in [5.41, 5.74) is 1.21. The largest absolute Gasteiger partial charge is 0.310 e. The van der Waals surface area contributed by atoms with Gasteiger partial charge >= 0.3 is 0 Å². The van der Waals surface area contributed by atoms with Crippen LogP contribution in [-0.4, -0.2) is 6.04 Å². The van der Waals surface area contributed by atoms with Gasteiger partial charge in [-0.15, -0.1) is 12.4 Å². The van der Waals surface area contributed by atoms with Crippen molar-refractivity contribution in [2.45, 2.75) is 38.3 Å². The standard InChI is InChI=1S/C12H16ClN.ClH/c13-12-8-4-1-5-10(12)9-14-11-6-2-3-7-11;/h1,4-5,8,11,14H,2-3,6-7,9H2;1H. The first kappa shape index (κ1) is 12.8. The van der Waals surface area contributed by atoms with Crippen molar-refractivity contribution in [3.8, 4) is 0 Å². The highest BCUT2D eigenvalue weighted by atomic mass is 35.5. The summed E-state index contributed by atoms with van der Waals surface area (Å²) in [5, 5.41) is 4.43. The van der Waals surface area contributed by atoms with Crippen LogP contribution in [0.5, 0.6) is 0 Å². The Bertz CT molecular complexity index is 295. The Morgan fingerprint density at radius 2 is 1.87 bits per heavy atom. The van der Waals surface area contributed by atoms with Crippen LogP contribution in [0.1, 0.15) is 31.2 Å². The van der Waals surface area contributed by atoms with Gasteiger partial charge in [0, 0.05) is 17.6 Å². The van der Waals surface area contributed by atoms with Gasteiger partial charge in [0.1, 0.15) is 0 Å². The number of hydrogen-bond donors (Lipinski definition) is 1. The fraction of sp³-hybridized carbons (Fsp3) is 0.500. The molecule has 0 spiro atoms. The van der Waals surface area contributed by atoms with Crippen molar-refractivity contribution in [2.24, 2.45) is 0 Å². The number of benzene rings is 1. The summed E-state index contributed by atoms with van der Waals surface area (Å²) < 4.78 is 0. The van der Waals surface area contributed by atoms with Crippen LogP contribution in [0.3, 0.4) is 0 Å². The first-order valence-electron chi connectivity index (χ1n) is 5.33. The molecule has 1 nitrogen and oxygen atoms in total. The quantitative estimate of drug-likeness (QED) is 0.855. The lowest BCUT2D eigenvalue weighted by molar-refractivity contribution is 0.524. The summed E-state index contributed by atoms with van der Waals surface area (Å²) >= 11 is 6.07. The maximum absolute atomic E-state index is 6.07. The Kier molecular flexibility index (Phi) is 5.44. The minimum atomic E-state index is 0. The topological polar surface area (TPSA) is 12.0 Å². The van der Waals surface area contributed by atoms with Gasteiger partial charge in [-0.2, -0.15) is 0 Å². The fourth-order valence-electron chi connectivity index (χ4n) is 2.03. The maximum Gasteiger partial charge on any atom is 0.0450 e. The van der Waals surface area contributed by atoms with E-state index >= 15 is 0 Å². The van der Waals surface area contributed by atoms with E-state index in [-0.39, 0.29) is 12.4 Å². The van der Waals surface area contributed by atoms with Crippen molar-refractivity contribution in [3.05, 3.63) is 34.9 Å². The van der Waals surface area contributed by atoms with Crippen LogP contribution in [-0.2, 0) is 6.54 Å². The van der Waals surface area contributed by atoms with Gasteiger partial charge < -0.3 is 5.32 Å². The average Bonchev–Trinajstić information content (AvgIpc) is 2.69. The predicted molar refractivity (Wildman–Crippen MR) is 67.8 cm³/mol. The molecule has 0 aromatic heterocycles. The molecule has 1 saturated carbocycles. The van der Waals surface area contributed by atoms with Gasteiger partial charge in [-0.25, -0.2) is 0 Å². The van der Waals surface area contributed by atoms with E-state index in [4.69, 9.17) is 11.6 Å². The lowest BCUT2D eigenvalue weighted by Gasteiger charge is -2.12. The Balaban J connectivity index is 0.00000112. The first-order valence-corrected chi connectivity index (χ1v) is 5.71. The van der Waals surface area contributed by atoms with Crippen molar-refractivity contribution in [1.82, 2.24) is 5.32 Å². The van der Waals surface area contributed by atoms with Gasteiger partial charge in [0.05, 0.1) is 0 Å². The van der Waals surface area contributed by atoms with E-state index in [1.54, 1.807) is 0 Å². The summed E-state index contributed by atoms with van der Waals surface area (Å²) in [5.74, 6) is 0. The molecular formula is C12H17Cl2N. The van der Waals surface area contributed by atoms with E-state index in [0.29, 0.717) is 6.04 Å². The third kappa shape index (κ3) is 3.67. The zero-order chi connectivity index (χ0) is 9.80. The van der Waals surface area contributed by atoms with Crippen molar-refractivity contribution in [1.29, 1.82) is 0 Å². The third-order valence-corrected chi connectivity index (χ3v) is 3.26. The molecule has 0 aliphatic heterocycles. The van der Waals surface area contributed by atoms with Crippen LogP contribution < -0.4 is 5.32 Å². The van der Waals surface area contributed by atoms with Crippen LogP contribution in [0.4, 0.5) is 0 Å². The molecular weight excluding hydrogens is 229 g/mol. The van der Waals surface area contributed by atoms with Gasteiger partial charge in [0.2, 0.25) is 0 Å². The van der Waals surface area contributed by atoms with Crippen molar-refractivity contribution in [3.63, 3.8) is 0 Å². The molecule has 1 aliphatic carbocycles. The molecule has 0 amide bonds. The second kappa shape index (κ2) is 6.37. The molecule has 0 saturated heterocycles. The number of rotatable bonds is 3. The third-order valence-electron chi connectivity index (χ3n) is 2.89. The molecule has 0 heterocycles. The molecule has 1 aromatic rings. The molecule has 0 atom stereocenters. The predicted octanol–water partition coefficient (Wildman–Crippen LogP) is 3.79. The van der Waals surface area contributed by atoms with E-state index < -0.39 is 0 Å². The molecule has 1 fully saturated rings. The molecule has 1 aromatic carbocycles. The van der Waals surface area contributed by atoms with Gasteiger partial charge in [0.15, 0.2) is 0 Å². The van der Waals surface area contributed by atoms with Crippen LogP contribution in [0.2, 0.25) is 5.02 Å². The van der Waals surface area contributed by atoms with E-state index in [2.05, 4.69) is 11.4 Å². The summed E-state index contributed by atoms with van der Waals surface area (Å²) in [4.78, 5) is 0. The molecule has 2 rings (SSSR count). The minimum Gasteiger partial charge on any atom is -0.310 e. The second-order valence-electron chi connectivity index (χ2n) is 3.95. The zero-order valence-electron chi connectivity index (χ0n) is 8.71. The van der Waals surface area contributed by atoms with Crippen LogP contribution in [0, 0.1) is 0 Å². The molecule has 15 heavy (non-hydrogen) atoms. The summed E-state index contributed by atoms with van der Waals surface area (Å²) in [6, 6.07) is 8.77. The molecule has 0 unspecified atom stereocenters. The second-order valence-corrected chi connectivity index (χ2v) is 4.36. The highest BCUT2D eigenvalue weighted by Crippen LogP contribution is 2.19. The van der Waals surface area contributed by atoms with E-state index in [0.717, 1.165) is 11.6 Å². The Hall–Kier alpha value is -0.240. The summed E-state index contributed by atoms with van der Waals surface area (Å²) in [6.07, 6.45) is 5.40. The molecule has 1 N–H and O–H groups in total. The zero-order valence-corrected chi connectivity index (χ0v) is 10.3. The minimum absolute atomic E-state index is 0. The SMILES string of the molecule is Cl.Clc1ccccc1CNC1CCCC1. The maximum atomic E-state index is 6.07. The molecule has 0 bridgehead atoms. The van der Waals surface area contributed by atoms with Crippen LogP contribution in [0.15, 0.2) is 24.3 Å². The lowest BCUT2D eigenvalue weighted by Crippen LogP contribution is -2.25. The number of nitrogens with one attached hydrogen (secondary N) is 1. The normalized spacial score (nSPS) is 16.3. The van der Waals surface area contributed by atoms with Gasteiger partial charge in [-0.1, -0.05) is 42.6 Å². The van der Waals surface area contributed by atoms with E-state index in [9.17, 15) is 0 Å². The van der Waals surface area contributed by atoms with Crippen molar-refractivity contribution in [2.75, 3.05) is 0 Å². The fourth-order valence-corrected chi connectivity index (χ4v) is 2.23. The highest BCUT2D eigenvalue weighted by molar-refractivity contribution is 6.31. The lowest BCUT2D eigenvalue weighted by atomic mass is 10.2. The Morgan fingerprint density at radius 3 is 2.53 bits per heavy atom. The van der Waals surface area contributed by atoms with Gasteiger partial charge in [0.25, 0.3) is 0 Å². The first-order chi connectivity index (χ1) is 6.86. The number of halogens is 2. The van der Waals surface area contributed by atoms with Gasteiger partial charge in [-0.3, -0.25) is 0 Å². The van der Waals surface area contributed by atoms with Crippen LogP contribution in [0.25, 0.3) is 0 Å². The van der Waals surface area contributed by atoms with Crippen molar-refractivity contribution >= 4 is 24.0 Å². The average molecular weight is 246 g/mol. The highest BCUT2D eigenvalue weighted by Gasteiger charge is 2.13. The van der Waals surface area contributed by atoms with Crippen LogP contribution >= 0.6 is 24.0 Å². The molecule has 0 radical (unpaired) electrons.